The molecule has 2 rings (SSSR count). The first kappa shape index (κ1) is 11.1. The highest BCUT2D eigenvalue weighted by atomic mass is 16.5. The minimum atomic E-state index is -0.496. The van der Waals surface area contributed by atoms with Gasteiger partial charge in [-0.3, -0.25) is 0 Å². The molecule has 0 aliphatic carbocycles. The zero-order valence-corrected chi connectivity index (χ0v) is 9.87. The van der Waals surface area contributed by atoms with Gasteiger partial charge in [-0.05, 0) is 31.0 Å². The van der Waals surface area contributed by atoms with Crippen molar-refractivity contribution in [3.8, 4) is 5.75 Å². The number of rotatable bonds is 3. The molecule has 3 nitrogen and oxygen atoms in total. The highest BCUT2D eigenvalue weighted by Gasteiger charge is 2.42. The molecule has 0 unspecified atom stereocenters. The van der Waals surface area contributed by atoms with Crippen LogP contribution in [0.4, 0.5) is 0 Å². The quantitative estimate of drug-likeness (QED) is 0.728. The molecule has 1 aliphatic heterocycles. The number of aldehydes is 1. The van der Waals surface area contributed by atoms with Crippen molar-refractivity contribution in [3.05, 3.63) is 28.8 Å². The maximum absolute atomic E-state index is 11.2. The standard InChI is InChI=1S/C13H16O3/c1-9-4-11(12(15-3)5-10(9)2)13(6-14)7-16-8-13/h4-6H,7-8H2,1-3H3. The number of hydrogen-bond acceptors (Lipinski definition) is 3. The fourth-order valence-electron chi connectivity index (χ4n) is 1.96. The van der Waals surface area contributed by atoms with Gasteiger partial charge in [-0.25, -0.2) is 0 Å². The summed E-state index contributed by atoms with van der Waals surface area (Å²) in [6.45, 7) is 4.98. The molecule has 3 heteroatoms. The van der Waals surface area contributed by atoms with Crippen LogP contribution in [0.3, 0.4) is 0 Å². The van der Waals surface area contributed by atoms with E-state index in [4.69, 9.17) is 9.47 Å². The lowest BCUT2D eigenvalue weighted by atomic mass is 9.78. The Kier molecular flexibility index (Phi) is 2.72. The lowest BCUT2D eigenvalue weighted by molar-refractivity contribution is -0.130. The van der Waals surface area contributed by atoms with E-state index in [-0.39, 0.29) is 0 Å². The lowest BCUT2D eigenvalue weighted by Crippen LogP contribution is -2.48. The highest BCUT2D eigenvalue weighted by molar-refractivity contribution is 5.73. The summed E-state index contributed by atoms with van der Waals surface area (Å²) in [5.74, 6) is 0.776. The molecule has 0 spiro atoms. The number of ether oxygens (including phenoxy) is 2. The summed E-state index contributed by atoms with van der Waals surface area (Å²) in [7, 11) is 1.63. The molecule has 0 N–H and O–H groups in total. The summed E-state index contributed by atoms with van der Waals surface area (Å²) < 4.78 is 10.5. The van der Waals surface area contributed by atoms with Crippen LogP contribution in [0.2, 0.25) is 0 Å². The molecule has 0 radical (unpaired) electrons. The van der Waals surface area contributed by atoms with Gasteiger partial charge >= 0.3 is 0 Å². The van der Waals surface area contributed by atoms with Crippen molar-refractivity contribution in [2.75, 3.05) is 20.3 Å². The average molecular weight is 220 g/mol. The summed E-state index contributed by atoms with van der Waals surface area (Å²) in [6.07, 6.45) is 0.975. The van der Waals surface area contributed by atoms with Crippen molar-refractivity contribution >= 4 is 6.29 Å². The fourth-order valence-corrected chi connectivity index (χ4v) is 1.96. The van der Waals surface area contributed by atoms with E-state index in [9.17, 15) is 4.79 Å². The predicted octanol–water partition coefficient (Wildman–Crippen LogP) is 1.78. The third-order valence-corrected chi connectivity index (χ3v) is 3.30. The Morgan fingerprint density at radius 1 is 1.31 bits per heavy atom. The van der Waals surface area contributed by atoms with Crippen LogP contribution in [0.1, 0.15) is 16.7 Å². The molecule has 16 heavy (non-hydrogen) atoms. The maximum atomic E-state index is 11.2. The zero-order chi connectivity index (χ0) is 11.8. The summed E-state index contributed by atoms with van der Waals surface area (Å²) in [5, 5.41) is 0. The number of carbonyl (C=O) groups is 1. The fraction of sp³-hybridized carbons (Fsp3) is 0.462. The van der Waals surface area contributed by atoms with Crippen LogP contribution in [0.5, 0.6) is 5.75 Å². The summed E-state index contributed by atoms with van der Waals surface area (Å²) in [4.78, 5) is 11.2. The molecule has 86 valence electrons. The van der Waals surface area contributed by atoms with Gasteiger partial charge in [0.05, 0.1) is 20.3 Å². The van der Waals surface area contributed by atoms with Crippen molar-refractivity contribution in [1.29, 1.82) is 0 Å². The molecule has 0 atom stereocenters. The van der Waals surface area contributed by atoms with Gasteiger partial charge in [0.15, 0.2) is 0 Å². The highest BCUT2D eigenvalue weighted by Crippen LogP contribution is 2.37. The number of hydrogen-bond donors (Lipinski definition) is 0. The predicted molar refractivity (Wildman–Crippen MR) is 61.0 cm³/mol. The van der Waals surface area contributed by atoms with Crippen LogP contribution >= 0.6 is 0 Å². The van der Waals surface area contributed by atoms with Gasteiger partial charge in [0, 0.05) is 5.56 Å². The Morgan fingerprint density at radius 2 is 1.94 bits per heavy atom. The molecular formula is C13H16O3. The first-order valence-corrected chi connectivity index (χ1v) is 5.33. The summed E-state index contributed by atoms with van der Waals surface area (Å²) >= 11 is 0. The molecule has 1 aromatic rings. The second-order valence-corrected chi connectivity index (χ2v) is 4.40. The second kappa shape index (κ2) is 3.91. The van der Waals surface area contributed by atoms with E-state index in [0.29, 0.717) is 13.2 Å². The summed E-state index contributed by atoms with van der Waals surface area (Å²) in [5.41, 5.74) is 2.79. The monoisotopic (exact) mass is 220 g/mol. The molecule has 1 saturated heterocycles. The van der Waals surface area contributed by atoms with Crippen molar-refractivity contribution in [2.45, 2.75) is 19.3 Å². The van der Waals surface area contributed by atoms with E-state index in [2.05, 4.69) is 0 Å². The smallest absolute Gasteiger partial charge is 0.135 e. The van der Waals surface area contributed by atoms with Crippen molar-refractivity contribution in [2.24, 2.45) is 0 Å². The number of benzene rings is 1. The lowest BCUT2D eigenvalue weighted by Gasteiger charge is -2.37. The Hall–Kier alpha value is -1.35. The van der Waals surface area contributed by atoms with Gasteiger partial charge in [0.25, 0.3) is 0 Å². The minimum Gasteiger partial charge on any atom is -0.496 e. The van der Waals surface area contributed by atoms with Gasteiger partial charge in [0.1, 0.15) is 17.5 Å². The number of aryl methyl sites for hydroxylation is 2. The normalized spacial score (nSPS) is 17.7. The van der Waals surface area contributed by atoms with Crippen LogP contribution in [0, 0.1) is 13.8 Å². The maximum Gasteiger partial charge on any atom is 0.135 e. The topological polar surface area (TPSA) is 35.5 Å². The Labute approximate surface area is 95.4 Å². The van der Waals surface area contributed by atoms with Gasteiger partial charge in [-0.15, -0.1) is 0 Å². The van der Waals surface area contributed by atoms with Crippen LogP contribution in [-0.2, 0) is 14.9 Å². The SMILES string of the molecule is COc1cc(C)c(C)cc1C1(C=O)COC1. The largest absolute Gasteiger partial charge is 0.496 e. The van der Waals surface area contributed by atoms with Gasteiger partial charge in [-0.1, -0.05) is 6.07 Å². The van der Waals surface area contributed by atoms with Crippen molar-refractivity contribution in [3.63, 3.8) is 0 Å². The molecule has 0 amide bonds. The summed E-state index contributed by atoms with van der Waals surface area (Å²) in [6, 6.07) is 4.01. The zero-order valence-electron chi connectivity index (χ0n) is 9.87. The third-order valence-electron chi connectivity index (χ3n) is 3.30. The second-order valence-electron chi connectivity index (χ2n) is 4.40. The molecule has 0 bridgehead atoms. The molecule has 1 aromatic carbocycles. The van der Waals surface area contributed by atoms with Crippen LogP contribution in [0.25, 0.3) is 0 Å². The van der Waals surface area contributed by atoms with Crippen molar-refractivity contribution in [1.82, 2.24) is 0 Å². The van der Waals surface area contributed by atoms with Crippen LogP contribution < -0.4 is 4.74 Å². The molecule has 1 aliphatic rings. The van der Waals surface area contributed by atoms with E-state index in [1.54, 1.807) is 7.11 Å². The first-order chi connectivity index (χ1) is 7.63. The molecule has 0 saturated carbocycles. The van der Waals surface area contributed by atoms with E-state index < -0.39 is 5.41 Å². The first-order valence-electron chi connectivity index (χ1n) is 5.33. The van der Waals surface area contributed by atoms with E-state index >= 15 is 0 Å². The van der Waals surface area contributed by atoms with Gasteiger partial charge < -0.3 is 14.3 Å². The number of methoxy groups -OCH3 is 1. The van der Waals surface area contributed by atoms with Gasteiger partial charge in [-0.2, -0.15) is 0 Å². The van der Waals surface area contributed by atoms with E-state index in [1.165, 1.54) is 11.1 Å². The Bertz CT molecular complexity index is 419. The Balaban J connectivity index is 2.54. The van der Waals surface area contributed by atoms with Gasteiger partial charge in [0.2, 0.25) is 0 Å². The molecule has 1 heterocycles. The van der Waals surface area contributed by atoms with Crippen molar-refractivity contribution < 1.29 is 14.3 Å². The van der Waals surface area contributed by atoms with Crippen LogP contribution in [0.15, 0.2) is 12.1 Å². The van der Waals surface area contributed by atoms with E-state index in [1.807, 2.05) is 26.0 Å². The number of carbonyl (C=O) groups excluding carboxylic acids is 1. The average Bonchev–Trinajstić information content (AvgIpc) is 2.22. The minimum absolute atomic E-state index is 0.454. The Morgan fingerprint density at radius 3 is 2.38 bits per heavy atom. The van der Waals surface area contributed by atoms with E-state index in [0.717, 1.165) is 17.6 Å². The molecule has 0 aromatic heterocycles. The third kappa shape index (κ3) is 1.52. The molecular weight excluding hydrogens is 204 g/mol. The van der Waals surface area contributed by atoms with Crippen LogP contribution in [-0.4, -0.2) is 26.6 Å². The molecule has 1 fully saturated rings.